The van der Waals surface area contributed by atoms with Crippen molar-refractivity contribution >= 4 is 5.91 Å². The molecule has 1 amide bonds. The second kappa shape index (κ2) is 11.9. The first-order valence-electron chi connectivity index (χ1n) is 10.0. The molecule has 5 heteroatoms. The molecular formula is C20H33N3O2. The van der Waals surface area contributed by atoms with Crippen molar-refractivity contribution < 1.29 is 9.53 Å². The lowest BCUT2D eigenvalue weighted by molar-refractivity contribution is -0.118. The van der Waals surface area contributed by atoms with Gasteiger partial charge in [0.25, 0.3) is 5.91 Å². The van der Waals surface area contributed by atoms with E-state index in [1.165, 1.54) is 57.8 Å². The number of carbonyl (C=O) groups is 1. The van der Waals surface area contributed by atoms with Gasteiger partial charge in [-0.3, -0.25) is 4.79 Å². The molecule has 0 radical (unpaired) electrons. The van der Waals surface area contributed by atoms with Gasteiger partial charge >= 0.3 is 0 Å². The number of rotatable bonds is 3. The summed E-state index contributed by atoms with van der Waals surface area (Å²) in [5, 5.41) is 12.5. The highest BCUT2D eigenvalue weighted by atomic mass is 16.5. The van der Waals surface area contributed by atoms with E-state index in [4.69, 9.17) is 4.74 Å². The molecule has 1 heterocycles. The van der Waals surface area contributed by atoms with Gasteiger partial charge in [-0.2, -0.15) is 5.26 Å². The summed E-state index contributed by atoms with van der Waals surface area (Å²) in [4.78, 5) is 14.5. The number of ether oxygens (including phenoxy) is 1. The second-order valence-electron chi connectivity index (χ2n) is 7.23. The third-order valence-corrected chi connectivity index (χ3v) is 5.16. The van der Waals surface area contributed by atoms with Crippen molar-refractivity contribution in [1.82, 2.24) is 10.2 Å². The molecule has 1 aliphatic heterocycles. The van der Waals surface area contributed by atoms with Gasteiger partial charge in [-0.15, -0.1) is 0 Å². The van der Waals surface area contributed by atoms with Gasteiger partial charge in [-0.1, -0.05) is 57.8 Å². The highest BCUT2D eigenvalue weighted by molar-refractivity contribution is 5.97. The Kier molecular flexibility index (Phi) is 9.43. The van der Waals surface area contributed by atoms with Crippen molar-refractivity contribution in [2.45, 2.75) is 76.7 Å². The summed E-state index contributed by atoms with van der Waals surface area (Å²) in [6.07, 6.45) is 15.3. The van der Waals surface area contributed by atoms with E-state index in [1.807, 2.05) is 4.90 Å². The highest BCUT2D eigenvalue weighted by Crippen LogP contribution is 2.17. The zero-order valence-corrected chi connectivity index (χ0v) is 15.5. The molecule has 5 nitrogen and oxygen atoms in total. The Hall–Kier alpha value is -1.54. The van der Waals surface area contributed by atoms with Crippen molar-refractivity contribution in [2.24, 2.45) is 0 Å². The fourth-order valence-electron chi connectivity index (χ4n) is 3.60. The minimum atomic E-state index is -0.217. The van der Waals surface area contributed by atoms with Crippen LogP contribution in [-0.2, 0) is 9.53 Å². The number of hydrogen-bond donors (Lipinski definition) is 1. The van der Waals surface area contributed by atoms with Gasteiger partial charge in [0, 0.05) is 25.3 Å². The molecule has 1 saturated heterocycles. The number of hydrogen-bond acceptors (Lipinski definition) is 4. The Balaban J connectivity index is 1.87. The molecule has 25 heavy (non-hydrogen) atoms. The molecule has 0 aromatic carbocycles. The molecule has 0 bridgehead atoms. The van der Waals surface area contributed by atoms with Crippen LogP contribution in [0.25, 0.3) is 0 Å². The van der Waals surface area contributed by atoms with Crippen molar-refractivity contribution in [1.29, 1.82) is 5.26 Å². The van der Waals surface area contributed by atoms with Crippen LogP contribution in [0.3, 0.4) is 0 Å². The summed E-state index contributed by atoms with van der Waals surface area (Å²) in [5.74, 6) is -0.217. The Morgan fingerprint density at radius 2 is 1.48 bits per heavy atom. The van der Waals surface area contributed by atoms with Gasteiger partial charge < -0.3 is 15.0 Å². The Labute approximate surface area is 152 Å². The average Bonchev–Trinajstić information content (AvgIpc) is 2.62. The first kappa shape index (κ1) is 19.8. The van der Waals surface area contributed by atoms with Crippen molar-refractivity contribution in [3.05, 3.63) is 11.8 Å². The van der Waals surface area contributed by atoms with Crippen LogP contribution in [0.5, 0.6) is 0 Å². The minimum absolute atomic E-state index is 0.202. The number of nitriles is 1. The molecule has 1 aliphatic carbocycles. The maximum Gasteiger partial charge on any atom is 0.263 e. The van der Waals surface area contributed by atoms with E-state index in [-0.39, 0.29) is 17.5 Å². The molecular weight excluding hydrogens is 314 g/mol. The molecule has 0 unspecified atom stereocenters. The smallest absolute Gasteiger partial charge is 0.263 e. The van der Waals surface area contributed by atoms with Crippen LogP contribution in [0.4, 0.5) is 0 Å². The summed E-state index contributed by atoms with van der Waals surface area (Å²) in [5.41, 5.74) is 0.216. The van der Waals surface area contributed by atoms with E-state index in [9.17, 15) is 10.1 Å². The quantitative estimate of drug-likeness (QED) is 0.627. The molecule has 0 atom stereocenters. The predicted octanol–water partition coefficient (Wildman–Crippen LogP) is 3.52. The maximum atomic E-state index is 12.5. The van der Waals surface area contributed by atoms with E-state index >= 15 is 0 Å². The fourth-order valence-corrected chi connectivity index (χ4v) is 3.60. The second-order valence-corrected chi connectivity index (χ2v) is 7.23. The fraction of sp³-hybridized carbons (Fsp3) is 0.800. The van der Waals surface area contributed by atoms with E-state index < -0.39 is 0 Å². The summed E-state index contributed by atoms with van der Waals surface area (Å²) in [6.45, 7) is 2.78. The van der Waals surface area contributed by atoms with Gasteiger partial charge in [0.15, 0.2) is 0 Å². The largest absolute Gasteiger partial charge is 0.378 e. The molecule has 0 aromatic heterocycles. The molecule has 2 rings (SSSR count). The summed E-state index contributed by atoms with van der Waals surface area (Å²) in [7, 11) is 0. The molecule has 1 N–H and O–H groups in total. The van der Waals surface area contributed by atoms with Crippen LogP contribution in [-0.4, -0.2) is 43.2 Å². The Morgan fingerprint density at radius 3 is 2.00 bits per heavy atom. The van der Waals surface area contributed by atoms with Crippen LogP contribution in [0.2, 0.25) is 0 Å². The highest BCUT2D eigenvalue weighted by Gasteiger charge is 2.17. The number of amides is 1. The van der Waals surface area contributed by atoms with Gasteiger partial charge in [0.1, 0.15) is 11.6 Å². The summed E-state index contributed by atoms with van der Waals surface area (Å²) >= 11 is 0. The Morgan fingerprint density at radius 1 is 0.960 bits per heavy atom. The number of morpholine rings is 1. The summed E-state index contributed by atoms with van der Waals surface area (Å²) in [6, 6.07) is 2.28. The molecule has 2 aliphatic rings. The topological polar surface area (TPSA) is 65.4 Å². The van der Waals surface area contributed by atoms with Crippen molar-refractivity contribution in [3.8, 4) is 6.07 Å². The lowest BCUT2D eigenvalue weighted by Crippen LogP contribution is -2.37. The Bertz CT molecular complexity index is 452. The minimum Gasteiger partial charge on any atom is -0.378 e. The van der Waals surface area contributed by atoms with Gasteiger partial charge in [-0.25, -0.2) is 0 Å². The van der Waals surface area contributed by atoms with Crippen molar-refractivity contribution in [3.63, 3.8) is 0 Å². The molecule has 0 aromatic rings. The van der Waals surface area contributed by atoms with Crippen LogP contribution in [0, 0.1) is 11.3 Å². The maximum absolute atomic E-state index is 12.5. The van der Waals surface area contributed by atoms with E-state index in [0.29, 0.717) is 13.2 Å². The SMILES string of the molecule is N#C/C(=C/N1CCOCC1)C(=O)NC1CCCCCCCCCCC1. The number of nitrogens with zero attached hydrogens (tertiary/aromatic N) is 2. The van der Waals surface area contributed by atoms with Crippen molar-refractivity contribution in [2.75, 3.05) is 26.3 Å². The zero-order chi connectivity index (χ0) is 17.7. The monoisotopic (exact) mass is 347 g/mol. The predicted molar refractivity (Wildman–Crippen MR) is 98.8 cm³/mol. The number of nitrogens with one attached hydrogen (secondary N) is 1. The van der Waals surface area contributed by atoms with E-state index in [1.54, 1.807) is 6.20 Å². The van der Waals surface area contributed by atoms with E-state index in [2.05, 4.69) is 11.4 Å². The van der Waals surface area contributed by atoms with Crippen LogP contribution >= 0.6 is 0 Å². The molecule has 2 fully saturated rings. The average molecular weight is 348 g/mol. The van der Waals surface area contributed by atoms with Gasteiger partial charge in [-0.05, 0) is 12.8 Å². The lowest BCUT2D eigenvalue weighted by Gasteiger charge is -2.25. The van der Waals surface area contributed by atoms with Crippen LogP contribution < -0.4 is 5.32 Å². The molecule has 0 spiro atoms. The van der Waals surface area contributed by atoms with E-state index in [0.717, 1.165) is 25.9 Å². The van der Waals surface area contributed by atoms with Crippen LogP contribution in [0.1, 0.15) is 70.6 Å². The first-order chi connectivity index (χ1) is 12.3. The third-order valence-electron chi connectivity index (χ3n) is 5.16. The molecule has 1 saturated carbocycles. The summed E-state index contributed by atoms with van der Waals surface area (Å²) < 4.78 is 5.31. The lowest BCUT2D eigenvalue weighted by atomic mass is 9.97. The zero-order valence-electron chi connectivity index (χ0n) is 15.5. The normalized spacial score (nSPS) is 22.4. The van der Waals surface area contributed by atoms with Gasteiger partial charge in [0.05, 0.1) is 13.2 Å². The van der Waals surface area contributed by atoms with Crippen LogP contribution in [0.15, 0.2) is 11.8 Å². The standard InChI is InChI=1S/C20H33N3O2/c21-16-18(17-23-12-14-25-15-13-23)20(24)22-19-10-8-6-4-2-1-3-5-7-9-11-19/h17,19H,1-15H2,(H,22,24)/b18-17-. The molecule has 140 valence electrons. The first-order valence-corrected chi connectivity index (χ1v) is 10.0. The van der Waals surface area contributed by atoms with Gasteiger partial charge in [0.2, 0.25) is 0 Å². The third kappa shape index (κ3) is 7.92. The number of carbonyl (C=O) groups excluding carboxylic acids is 1.